The van der Waals surface area contributed by atoms with Crippen LogP contribution in [0.4, 0.5) is 0 Å². The number of allylic oxidation sites excluding steroid dienone is 2. The molecule has 0 atom stereocenters. The molecule has 0 saturated carbocycles. The molecule has 0 saturated heterocycles. The van der Waals surface area contributed by atoms with E-state index in [-0.39, 0.29) is 0 Å². The molecule has 2 nitrogen and oxygen atoms in total. The molecule has 2 aromatic rings. The fourth-order valence-electron chi connectivity index (χ4n) is 2.34. The van der Waals surface area contributed by atoms with Crippen LogP contribution in [0, 0.1) is 0 Å². The van der Waals surface area contributed by atoms with Gasteiger partial charge in [-0.05, 0) is 49.0 Å². The van der Waals surface area contributed by atoms with Gasteiger partial charge in [0.25, 0.3) is 0 Å². The standard InChI is InChI=1S/C18H24N2/c1-7-13(6)14-8-9-15-16(10-14)20-18(12(4)5)17(19-15)11(2)3/h7-12H,1-6H3/b13-7+. The summed E-state index contributed by atoms with van der Waals surface area (Å²) >= 11 is 0. The van der Waals surface area contributed by atoms with E-state index in [9.17, 15) is 0 Å². The number of hydrogen-bond acceptors (Lipinski definition) is 2. The lowest BCUT2D eigenvalue weighted by Crippen LogP contribution is -2.06. The Morgan fingerprint density at radius 2 is 1.50 bits per heavy atom. The summed E-state index contributed by atoms with van der Waals surface area (Å²) in [6.07, 6.45) is 2.13. The highest BCUT2D eigenvalue weighted by molar-refractivity contribution is 5.80. The third kappa shape index (κ3) is 2.74. The Morgan fingerprint density at radius 3 is 2.00 bits per heavy atom. The maximum atomic E-state index is 4.88. The Kier molecular flexibility index (Phi) is 4.22. The lowest BCUT2D eigenvalue weighted by molar-refractivity contribution is 0.737. The van der Waals surface area contributed by atoms with Crippen LogP contribution < -0.4 is 0 Å². The predicted molar refractivity (Wildman–Crippen MR) is 87.0 cm³/mol. The minimum absolute atomic E-state index is 0.399. The van der Waals surface area contributed by atoms with Crippen molar-refractivity contribution in [3.8, 4) is 0 Å². The number of benzene rings is 1. The van der Waals surface area contributed by atoms with Gasteiger partial charge in [0.05, 0.1) is 22.4 Å². The number of rotatable bonds is 3. The molecule has 0 fully saturated rings. The van der Waals surface area contributed by atoms with Crippen LogP contribution in [0.2, 0.25) is 0 Å². The van der Waals surface area contributed by atoms with Crippen LogP contribution in [0.3, 0.4) is 0 Å². The van der Waals surface area contributed by atoms with Crippen LogP contribution in [0.1, 0.15) is 70.3 Å². The van der Waals surface area contributed by atoms with Crippen molar-refractivity contribution in [2.75, 3.05) is 0 Å². The molecule has 0 radical (unpaired) electrons. The number of aromatic nitrogens is 2. The van der Waals surface area contributed by atoms with Crippen molar-refractivity contribution in [2.24, 2.45) is 0 Å². The molecular weight excluding hydrogens is 244 g/mol. The first kappa shape index (κ1) is 14.7. The van der Waals surface area contributed by atoms with Crippen molar-refractivity contribution in [1.82, 2.24) is 9.97 Å². The second kappa shape index (κ2) is 5.74. The van der Waals surface area contributed by atoms with Crippen molar-refractivity contribution < 1.29 is 0 Å². The summed E-state index contributed by atoms with van der Waals surface area (Å²) in [6, 6.07) is 6.36. The molecule has 0 aliphatic carbocycles. The Labute approximate surface area is 122 Å². The molecule has 0 unspecified atom stereocenters. The zero-order chi connectivity index (χ0) is 14.9. The molecule has 0 aliphatic rings. The number of fused-ring (bicyclic) bond motifs is 1. The second-order valence-electron chi connectivity index (χ2n) is 5.98. The summed E-state index contributed by atoms with van der Waals surface area (Å²) in [5, 5.41) is 0. The fourth-order valence-corrected chi connectivity index (χ4v) is 2.34. The molecule has 1 heterocycles. The van der Waals surface area contributed by atoms with Gasteiger partial charge in [-0.25, -0.2) is 9.97 Å². The minimum atomic E-state index is 0.399. The SMILES string of the molecule is C/C=C(\C)c1ccc2nc(C(C)C)c(C(C)C)nc2c1. The van der Waals surface area contributed by atoms with Crippen LogP contribution in [0.15, 0.2) is 24.3 Å². The largest absolute Gasteiger partial charge is 0.249 e. The second-order valence-corrected chi connectivity index (χ2v) is 5.98. The Bertz CT molecular complexity index is 652. The molecule has 20 heavy (non-hydrogen) atoms. The van der Waals surface area contributed by atoms with Crippen molar-refractivity contribution in [3.05, 3.63) is 41.2 Å². The number of nitrogens with zero attached hydrogens (tertiary/aromatic N) is 2. The average Bonchev–Trinajstić information content (AvgIpc) is 2.44. The predicted octanol–water partition coefficient (Wildman–Crippen LogP) is 5.30. The van der Waals surface area contributed by atoms with E-state index < -0.39 is 0 Å². The molecule has 2 heteroatoms. The zero-order valence-electron chi connectivity index (χ0n) is 13.4. The lowest BCUT2D eigenvalue weighted by atomic mass is 9.99. The molecule has 0 amide bonds. The van der Waals surface area contributed by atoms with Crippen molar-refractivity contribution in [3.63, 3.8) is 0 Å². The first-order valence-corrected chi connectivity index (χ1v) is 7.39. The highest BCUT2D eigenvalue weighted by atomic mass is 14.8. The third-order valence-electron chi connectivity index (χ3n) is 3.70. The van der Waals surface area contributed by atoms with Gasteiger partial charge in [-0.3, -0.25) is 0 Å². The molecule has 0 spiro atoms. The van der Waals surface area contributed by atoms with E-state index in [0.29, 0.717) is 11.8 Å². The zero-order valence-corrected chi connectivity index (χ0v) is 13.4. The van der Waals surface area contributed by atoms with E-state index in [1.54, 1.807) is 0 Å². The first-order chi connectivity index (χ1) is 9.43. The Balaban J connectivity index is 2.68. The van der Waals surface area contributed by atoms with Crippen LogP contribution in [0.5, 0.6) is 0 Å². The Hall–Kier alpha value is -1.70. The van der Waals surface area contributed by atoms with E-state index in [1.165, 1.54) is 11.1 Å². The summed E-state index contributed by atoms with van der Waals surface area (Å²) in [5.41, 5.74) is 6.74. The molecule has 2 rings (SSSR count). The smallest absolute Gasteiger partial charge is 0.0896 e. The van der Waals surface area contributed by atoms with Gasteiger partial charge in [-0.1, -0.05) is 39.8 Å². The highest BCUT2D eigenvalue weighted by Gasteiger charge is 2.15. The number of hydrogen-bond donors (Lipinski definition) is 0. The molecule has 1 aromatic carbocycles. The summed E-state index contributed by atoms with van der Waals surface area (Å²) in [6.45, 7) is 12.9. The van der Waals surface area contributed by atoms with E-state index in [4.69, 9.17) is 9.97 Å². The molecular formula is C18H24N2. The van der Waals surface area contributed by atoms with Crippen LogP contribution in [-0.4, -0.2) is 9.97 Å². The third-order valence-corrected chi connectivity index (χ3v) is 3.70. The van der Waals surface area contributed by atoms with Crippen molar-refractivity contribution >= 4 is 16.6 Å². The molecule has 1 aromatic heterocycles. The summed E-state index contributed by atoms with van der Waals surface area (Å²) in [4.78, 5) is 9.72. The van der Waals surface area contributed by atoms with E-state index >= 15 is 0 Å². The summed E-state index contributed by atoms with van der Waals surface area (Å²) in [7, 11) is 0. The first-order valence-electron chi connectivity index (χ1n) is 7.39. The highest BCUT2D eigenvalue weighted by Crippen LogP contribution is 2.26. The monoisotopic (exact) mass is 268 g/mol. The van der Waals surface area contributed by atoms with Gasteiger partial charge in [-0.2, -0.15) is 0 Å². The molecule has 106 valence electrons. The maximum absolute atomic E-state index is 4.88. The summed E-state index contributed by atoms with van der Waals surface area (Å²) < 4.78 is 0. The van der Waals surface area contributed by atoms with Crippen LogP contribution in [-0.2, 0) is 0 Å². The van der Waals surface area contributed by atoms with Gasteiger partial charge in [-0.15, -0.1) is 0 Å². The summed E-state index contributed by atoms with van der Waals surface area (Å²) in [5.74, 6) is 0.803. The lowest BCUT2D eigenvalue weighted by Gasteiger charge is -2.15. The van der Waals surface area contributed by atoms with Crippen molar-refractivity contribution in [2.45, 2.75) is 53.4 Å². The van der Waals surface area contributed by atoms with Gasteiger partial charge < -0.3 is 0 Å². The minimum Gasteiger partial charge on any atom is -0.249 e. The van der Waals surface area contributed by atoms with Crippen molar-refractivity contribution in [1.29, 1.82) is 0 Å². The normalized spacial score (nSPS) is 12.7. The van der Waals surface area contributed by atoms with Gasteiger partial charge in [0.15, 0.2) is 0 Å². The van der Waals surface area contributed by atoms with Gasteiger partial charge in [0, 0.05) is 0 Å². The molecule has 0 N–H and O–H groups in total. The Morgan fingerprint density at radius 1 is 0.950 bits per heavy atom. The van der Waals surface area contributed by atoms with Gasteiger partial charge in [0.2, 0.25) is 0 Å². The van der Waals surface area contributed by atoms with E-state index in [0.717, 1.165) is 22.4 Å². The van der Waals surface area contributed by atoms with Gasteiger partial charge in [0.1, 0.15) is 0 Å². The van der Waals surface area contributed by atoms with E-state index in [2.05, 4.69) is 65.8 Å². The quantitative estimate of drug-likeness (QED) is 0.755. The van der Waals surface area contributed by atoms with Crippen LogP contribution >= 0.6 is 0 Å². The average molecular weight is 268 g/mol. The maximum Gasteiger partial charge on any atom is 0.0896 e. The topological polar surface area (TPSA) is 25.8 Å². The van der Waals surface area contributed by atoms with E-state index in [1.807, 2.05) is 0 Å². The van der Waals surface area contributed by atoms with Gasteiger partial charge >= 0.3 is 0 Å². The molecule has 0 aliphatic heterocycles. The fraction of sp³-hybridized carbons (Fsp3) is 0.444. The van der Waals surface area contributed by atoms with Crippen LogP contribution in [0.25, 0.3) is 16.6 Å². The molecule has 0 bridgehead atoms.